The van der Waals surface area contributed by atoms with Gasteiger partial charge in [0.1, 0.15) is 11.3 Å². The van der Waals surface area contributed by atoms with Gasteiger partial charge in [-0.05, 0) is 25.8 Å². The molecule has 3 rings (SSSR count). The van der Waals surface area contributed by atoms with Crippen molar-refractivity contribution in [3.05, 3.63) is 30.1 Å². The second-order valence-corrected chi connectivity index (χ2v) is 6.05. The number of benzene rings is 1. The second-order valence-electron chi connectivity index (χ2n) is 6.05. The summed E-state index contributed by atoms with van der Waals surface area (Å²) < 4.78 is 7.21. The van der Waals surface area contributed by atoms with E-state index in [0.29, 0.717) is 31.8 Å². The molecule has 132 valence electrons. The van der Waals surface area contributed by atoms with Gasteiger partial charge in [0, 0.05) is 24.8 Å². The Morgan fingerprint density at radius 3 is 2.80 bits per heavy atom. The Balaban J connectivity index is 2.04. The van der Waals surface area contributed by atoms with E-state index < -0.39 is 0 Å². The number of fused-ring (bicyclic) bond motifs is 3. The number of carbonyl (C=O) groups excluding carboxylic acids is 1. The van der Waals surface area contributed by atoms with Crippen LogP contribution in [0.1, 0.15) is 38.9 Å². The number of rotatable bonds is 7. The number of pyridine rings is 1. The van der Waals surface area contributed by atoms with Crippen LogP contribution in [0.15, 0.2) is 24.3 Å². The third-order valence-corrected chi connectivity index (χ3v) is 4.23. The smallest absolute Gasteiger partial charge is 0.305 e. The number of hydrogen-bond donors (Lipinski definition) is 1. The van der Waals surface area contributed by atoms with Gasteiger partial charge in [0.2, 0.25) is 0 Å². The molecule has 1 aromatic carbocycles. The molecule has 6 heteroatoms. The Labute approximate surface area is 147 Å². The highest BCUT2D eigenvalue weighted by Crippen LogP contribution is 2.29. The van der Waals surface area contributed by atoms with Crippen molar-refractivity contribution in [1.29, 1.82) is 0 Å². The lowest BCUT2D eigenvalue weighted by Gasteiger charge is -2.10. The molecule has 3 aromatic rings. The van der Waals surface area contributed by atoms with Crippen LogP contribution in [0.3, 0.4) is 0 Å². The maximum absolute atomic E-state index is 11.6. The SMILES string of the molecule is CCCc1nc2c(N)nc3ccccc3c2n1CCCC(=O)OCC. The van der Waals surface area contributed by atoms with E-state index in [1.165, 1.54) is 0 Å². The Kier molecular flexibility index (Phi) is 5.16. The summed E-state index contributed by atoms with van der Waals surface area (Å²) in [5.74, 6) is 1.29. The summed E-state index contributed by atoms with van der Waals surface area (Å²) >= 11 is 0. The number of nitrogen functional groups attached to an aromatic ring is 1. The van der Waals surface area contributed by atoms with Crippen molar-refractivity contribution in [3.63, 3.8) is 0 Å². The minimum Gasteiger partial charge on any atom is -0.466 e. The van der Waals surface area contributed by atoms with Crippen LogP contribution in [-0.4, -0.2) is 27.1 Å². The van der Waals surface area contributed by atoms with Gasteiger partial charge in [-0.1, -0.05) is 25.1 Å². The van der Waals surface area contributed by atoms with Crippen LogP contribution in [0.2, 0.25) is 0 Å². The van der Waals surface area contributed by atoms with E-state index in [1.807, 2.05) is 31.2 Å². The lowest BCUT2D eigenvalue weighted by Crippen LogP contribution is -2.08. The molecule has 6 nitrogen and oxygen atoms in total. The highest BCUT2D eigenvalue weighted by Gasteiger charge is 2.17. The maximum atomic E-state index is 11.6. The van der Waals surface area contributed by atoms with Crippen LogP contribution in [0.25, 0.3) is 21.9 Å². The average molecular weight is 340 g/mol. The molecule has 0 unspecified atom stereocenters. The first-order valence-electron chi connectivity index (χ1n) is 8.84. The van der Waals surface area contributed by atoms with Crippen molar-refractivity contribution in [2.75, 3.05) is 12.3 Å². The molecule has 0 amide bonds. The minimum atomic E-state index is -0.157. The molecule has 0 saturated carbocycles. The molecule has 2 heterocycles. The second kappa shape index (κ2) is 7.51. The number of hydrogen-bond acceptors (Lipinski definition) is 5. The van der Waals surface area contributed by atoms with E-state index in [1.54, 1.807) is 0 Å². The number of nitrogens with two attached hydrogens (primary N) is 1. The zero-order valence-corrected chi connectivity index (χ0v) is 14.8. The molecule has 0 radical (unpaired) electrons. The van der Waals surface area contributed by atoms with E-state index in [0.717, 1.165) is 40.6 Å². The number of anilines is 1. The van der Waals surface area contributed by atoms with Crippen LogP contribution in [0, 0.1) is 0 Å². The molecular weight excluding hydrogens is 316 g/mol. The number of aryl methyl sites for hydroxylation is 2. The van der Waals surface area contributed by atoms with Crippen LogP contribution >= 0.6 is 0 Å². The van der Waals surface area contributed by atoms with Crippen LogP contribution in [0.5, 0.6) is 0 Å². The normalized spacial score (nSPS) is 11.3. The van der Waals surface area contributed by atoms with Crippen molar-refractivity contribution < 1.29 is 9.53 Å². The zero-order chi connectivity index (χ0) is 17.8. The van der Waals surface area contributed by atoms with Gasteiger partial charge in [-0.15, -0.1) is 0 Å². The van der Waals surface area contributed by atoms with E-state index in [9.17, 15) is 4.79 Å². The molecule has 0 aliphatic heterocycles. The van der Waals surface area contributed by atoms with Gasteiger partial charge in [-0.25, -0.2) is 9.97 Å². The third kappa shape index (κ3) is 3.43. The van der Waals surface area contributed by atoms with Crippen LogP contribution in [-0.2, 0) is 22.5 Å². The molecule has 0 saturated heterocycles. The number of para-hydroxylation sites is 1. The van der Waals surface area contributed by atoms with Gasteiger partial charge in [-0.2, -0.15) is 0 Å². The summed E-state index contributed by atoms with van der Waals surface area (Å²) in [6.45, 7) is 5.07. The molecular formula is C19H24N4O2. The largest absolute Gasteiger partial charge is 0.466 e. The van der Waals surface area contributed by atoms with Crippen LogP contribution in [0.4, 0.5) is 5.82 Å². The Bertz CT molecular complexity index is 901. The fourth-order valence-electron chi connectivity index (χ4n) is 3.17. The van der Waals surface area contributed by atoms with Crippen molar-refractivity contribution in [2.45, 2.75) is 46.1 Å². The third-order valence-electron chi connectivity index (χ3n) is 4.23. The standard InChI is InChI=1S/C19H24N4O2/c1-3-8-15-22-17-18(23(15)12-7-11-16(24)25-4-2)13-9-5-6-10-14(13)21-19(17)20/h5-6,9-10H,3-4,7-8,11-12H2,1-2H3,(H2,20,21). The van der Waals surface area contributed by atoms with Crippen LogP contribution < -0.4 is 5.73 Å². The number of nitrogens with zero attached hydrogens (tertiary/aromatic N) is 3. The molecule has 25 heavy (non-hydrogen) atoms. The van der Waals surface area contributed by atoms with Gasteiger partial charge in [0.15, 0.2) is 5.82 Å². The fourth-order valence-corrected chi connectivity index (χ4v) is 3.17. The first-order chi connectivity index (χ1) is 12.2. The van der Waals surface area contributed by atoms with E-state index in [4.69, 9.17) is 15.5 Å². The highest BCUT2D eigenvalue weighted by atomic mass is 16.5. The predicted octanol–water partition coefficient (Wildman–Crippen LogP) is 3.46. The van der Waals surface area contributed by atoms with Crippen molar-refractivity contribution in [1.82, 2.24) is 14.5 Å². The number of imidazole rings is 1. The first kappa shape index (κ1) is 17.2. The Hall–Kier alpha value is -2.63. The topological polar surface area (TPSA) is 83.0 Å². The van der Waals surface area contributed by atoms with Crippen molar-refractivity contribution >= 4 is 33.7 Å². The van der Waals surface area contributed by atoms with E-state index in [2.05, 4.69) is 16.5 Å². The molecule has 0 bridgehead atoms. The number of esters is 1. The van der Waals surface area contributed by atoms with Gasteiger partial charge in [-0.3, -0.25) is 4.79 Å². The highest BCUT2D eigenvalue weighted by molar-refractivity contribution is 6.06. The molecule has 2 N–H and O–H groups in total. The average Bonchev–Trinajstić information content (AvgIpc) is 2.95. The summed E-state index contributed by atoms with van der Waals surface area (Å²) in [6.07, 6.45) is 2.96. The predicted molar refractivity (Wildman–Crippen MR) is 99.3 cm³/mol. The number of aromatic nitrogens is 3. The number of carbonyl (C=O) groups is 1. The summed E-state index contributed by atoms with van der Waals surface area (Å²) in [4.78, 5) is 20.9. The first-order valence-corrected chi connectivity index (χ1v) is 8.84. The van der Waals surface area contributed by atoms with Gasteiger partial charge >= 0.3 is 5.97 Å². The molecule has 0 atom stereocenters. The fraction of sp³-hybridized carbons (Fsp3) is 0.421. The lowest BCUT2D eigenvalue weighted by atomic mass is 10.2. The van der Waals surface area contributed by atoms with Gasteiger partial charge in [0.05, 0.1) is 17.6 Å². The molecule has 0 spiro atoms. The minimum absolute atomic E-state index is 0.157. The van der Waals surface area contributed by atoms with Crippen molar-refractivity contribution in [3.8, 4) is 0 Å². The quantitative estimate of drug-likeness (QED) is 0.666. The summed E-state index contributed by atoms with van der Waals surface area (Å²) in [6, 6.07) is 7.95. The monoisotopic (exact) mass is 340 g/mol. The molecule has 0 fully saturated rings. The zero-order valence-electron chi connectivity index (χ0n) is 14.8. The lowest BCUT2D eigenvalue weighted by molar-refractivity contribution is -0.143. The maximum Gasteiger partial charge on any atom is 0.305 e. The van der Waals surface area contributed by atoms with E-state index in [-0.39, 0.29) is 5.97 Å². The summed E-state index contributed by atoms with van der Waals surface area (Å²) in [5, 5.41) is 1.04. The summed E-state index contributed by atoms with van der Waals surface area (Å²) in [7, 11) is 0. The molecule has 0 aliphatic carbocycles. The Morgan fingerprint density at radius 2 is 2.04 bits per heavy atom. The van der Waals surface area contributed by atoms with Gasteiger partial charge in [0.25, 0.3) is 0 Å². The van der Waals surface area contributed by atoms with Gasteiger partial charge < -0.3 is 15.0 Å². The van der Waals surface area contributed by atoms with E-state index >= 15 is 0 Å². The van der Waals surface area contributed by atoms with Crippen molar-refractivity contribution in [2.24, 2.45) is 0 Å². The summed E-state index contributed by atoms with van der Waals surface area (Å²) in [5.41, 5.74) is 8.78. The molecule has 2 aromatic heterocycles. The molecule has 0 aliphatic rings. The Morgan fingerprint density at radius 1 is 1.24 bits per heavy atom. The number of ether oxygens (including phenoxy) is 1.